The minimum absolute atomic E-state index is 0.265. The highest BCUT2D eigenvalue weighted by atomic mass is 19.1. The fourth-order valence-electron chi connectivity index (χ4n) is 5.28. The third kappa shape index (κ3) is 3.77. The average Bonchev–Trinajstić information content (AvgIpc) is 3.39. The molecule has 2 aromatic heterocycles. The zero-order chi connectivity index (χ0) is 25.5. The van der Waals surface area contributed by atoms with Gasteiger partial charge in [-0.2, -0.15) is 5.10 Å². The minimum atomic E-state index is -0.265. The van der Waals surface area contributed by atoms with Gasteiger partial charge < -0.3 is 0 Å². The second-order valence-electron chi connectivity index (χ2n) is 9.42. The van der Waals surface area contributed by atoms with Gasteiger partial charge in [-0.3, -0.25) is 0 Å². The molecule has 0 N–H and O–H groups in total. The lowest BCUT2D eigenvalue weighted by molar-refractivity contribution is 0.630. The highest BCUT2D eigenvalue weighted by molar-refractivity contribution is 6.08. The Labute approximate surface area is 220 Å². The molecular formula is C35H23FN2. The SMILES string of the molecule is Fc1ccc2cc(-c3ccccc3)n3nc(-c4ccccc4)c(-c4cccc(-c5ccccc5)c4)c3c2c1. The minimum Gasteiger partial charge on any atom is -0.231 e. The molecule has 0 saturated heterocycles. The van der Waals surface area contributed by atoms with Crippen LogP contribution in [0.25, 0.3) is 61.1 Å². The van der Waals surface area contributed by atoms with Crippen LogP contribution in [0, 0.1) is 5.82 Å². The van der Waals surface area contributed by atoms with Gasteiger partial charge in [-0.25, -0.2) is 8.91 Å². The molecule has 0 amide bonds. The number of aromatic nitrogens is 2. The Balaban J connectivity index is 1.63. The number of rotatable bonds is 4. The maximum Gasteiger partial charge on any atom is 0.123 e. The normalized spacial score (nSPS) is 11.3. The number of halogens is 1. The summed E-state index contributed by atoms with van der Waals surface area (Å²) in [4.78, 5) is 0. The number of pyridine rings is 1. The van der Waals surface area contributed by atoms with Crippen LogP contribution in [0.3, 0.4) is 0 Å². The van der Waals surface area contributed by atoms with Crippen molar-refractivity contribution in [2.24, 2.45) is 0 Å². The summed E-state index contributed by atoms with van der Waals surface area (Å²) < 4.78 is 16.7. The molecule has 3 heteroatoms. The second-order valence-corrected chi connectivity index (χ2v) is 9.42. The van der Waals surface area contributed by atoms with Gasteiger partial charge in [-0.1, -0.05) is 115 Å². The standard InChI is InChI=1S/C35H23FN2/c36-30-20-19-28-22-32(25-13-6-2-7-14-25)38-35(31(28)23-30)33(34(37-38)26-15-8-3-9-16-26)29-18-10-17-27(21-29)24-11-4-1-5-12-24/h1-23H. The van der Waals surface area contributed by atoms with Crippen LogP contribution in [0.1, 0.15) is 0 Å². The zero-order valence-corrected chi connectivity index (χ0v) is 20.6. The van der Waals surface area contributed by atoms with Crippen molar-refractivity contribution in [2.75, 3.05) is 0 Å². The van der Waals surface area contributed by atoms with Crippen molar-refractivity contribution < 1.29 is 4.39 Å². The first-order chi connectivity index (χ1) is 18.8. The third-order valence-corrected chi connectivity index (χ3v) is 7.05. The van der Waals surface area contributed by atoms with E-state index in [2.05, 4.69) is 78.9 Å². The predicted octanol–water partition coefficient (Wildman–Crippen LogP) is 9.29. The molecule has 0 radical (unpaired) electrons. The molecule has 7 rings (SSSR count). The van der Waals surface area contributed by atoms with E-state index >= 15 is 0 Å². The summed E-state index contributed by atoms with van der Waals surface area (Å²) in [6, 6.07) is 46.5. The summed E-state index contributed by atoms with van der Waals surface area (Å²) in [7, 11) is 0. The maximum atomic E-state index is 14.7. The molecule has 5 aromatic carbocycles. The Morgan fingerprint density at radius 3 is 1.82 bits per heavy atom. The van der Waals surface area contributed by atoms with E-state index in [1.807, 2.05) is 53.0 Å². The third-order valence-electron chi connectivity index (χ3n) is 7.05. The van der Waals surface area contributed by atoms with E-state index in [-0.39, 0.29) is 5.82 Å². The number of nitrogens with zero attached hydrogens (tertiary/aromatic N) is 2. The van der Waals surface area contributed by atoms with Gasteiger partial charge in [0.1, 0.15) is 11.5 Å². The fourth-order valence-corrected chi connectivity index (χ4v) is 5.28. The first kappa shape index (κ1) is 22.2. The second kappa shape index (κ2) is 9.13. The molecule has 0 saturated carbocycles. The first-order valence-corrected chi connectivity index (χ1v) is 12.7. The average molecular weight is 491 g/mol. The molecule has 2 heterocycles. The number of hydrogen-bond donors (Lipinski definition) is 0. The Hall–Kier alpha value is -5.02. The van der Waals surface area contributed by atoms with Crippen molar-refractivity contribution in [3.8, 4) is 44.8 Å². The van der Waals surface area contributed by atoms with E-state index in [9.17, 15) is 4.39 Å². The lowest BCUT2D eigenvalue weighted by Gasteiger charge is -2.11. The summed E-state index contributed by atoms with van der Waals surface area (Å²) in [5, 5.41) is 7.02. The number of benzene rings is 5. The van der Waals surface area contributed by atoms with E-state index < -0.39 is 0 Å². The molecule has 0 atom stereocenters. The van der Waals surface area contributed by atoms with Gasteiger partial charge in [-0.05, 0) is 46.3 Å². The zero-order valence-electron chi connectivity index (χ0n) is 20.6. The Morgan fingerprint density at radius 1 is 0.500 bits per heavy atom. The molecule has 38 heavy (non-hydrogen) atoms. The summed E-state index contributed by atoms with van der Waals surface area (Å²) in [5.74, 6) is -0.265. The summed E-state index contributed by atoms with van der Waals surface area (Å²) in [5.41, 5.74) is 9.08. The van der Waals surface area contributed by atoms with Crippen LogP contribution >= 0.6 is 0 Å². The van der Waals surface area contributed by atoms with E-state index in [1.54, 1.807) is 6.07 Å². The smallest absolute Gasteiger partial charge is 0.123 e. The predicted molar refractivity (Wildman–Crippen MR) is 154 cm³/mol. The molecule has 7 aromatic rings. The largest absolute Gasteiger partial charge is 0.231 e. The molecular weight excluding hydrogens is 467 g/mol. The molecule has 0 fully saturated rings. The van der Waals surface area contributed by atoms with Gasteiger partial charge in [0.15, 0.2) is 0 Å². The van der Waals surface area contributed by atoms with Gasteiger partial charge in [0, 0.05) is 22.1 Å². The van der Waals surface area contributed by atoms with E-state index in [0.29, 0.717) is 0 Å². The number of fused-ring (bicyclic) bond motifs is 3. The summed E-state index contributed by atoms with van der Waals surface area (Å²) in [6.07, 6.45) is 0. The van der Waals surface area contributed by atoms with Crippen LogP contribution in [0.5, 0.6) is 0 Å². The molecule has 0 spiro atoms. The van der Waals surface area contributed by atoms with Crippen LogP contribution in [0.15, 0.2) is 140 Å². The molecule has 0 unspecified atom stereocenters. The highest BCUT2D eigenvalue weighted by Crippen LogP contribution is 2.41. The van der Waals surface area contributed by atoms with Crippen molar-refractivity contribution in [2.45, 2.75) is 0 Å². The van der Waals surface area contributed by atoms with Crippen LogP contribution in [-0.4, -0.2) is 9.61 Å². The van der Waals surface area contributed by atoms with E-state index in [0.717, 1.165) is 61.1 Å². The molecule has 0 bridgehead atoms. The van der Waals surface area contributed by atoms with Gasteiger partial charge in [0.25, 0.3) is 0 Å². The molecule has 0 aliphatic carbocycles. The van der Waals surface area contributed by atoms with Crippen molar-refractivity contribution in [3.05, 3.63) is 145 Å². The van der Waals surface area contributed by atoms with E-state index in [4.69, 9.17) is 5.10 Å². The lowest BCUT2D eigenvalue weighted by atomic mass is 9.94. The Kier molecular flexibility index (Phi) is 5.33. The van der Waals surface area contributed by atoms with Crippen molar-refractivity contribution >= 4 is 16.3 Å². The maximum absolute atomic E-state index is 14.7. The van der Waals surface area contributed by atoms with Crippen molar-refractivity contribution in [1.29, 1.82) is 0 Å². The van der Waals surface area contributed by atoms with Crippen molar-refractivity contribution in [3.63, 3.8) is 0 Å². The molecule has 0 aliphatic heterocycles. The Morgan fingerprint density at radius 2 is 1.11 bits per heavy atom. The van der Waals surface area contributed by atoms with Crippen LogP contribution in [0.2, 0.25) is 0 Å². The lowest BCUT2D eigenvalue weighted by Crippen LogP contribution is -1.96. The highest BCUT2D eigenvalue weighted by Gasteiger charge is 2.22. The first-order valence-electron chi connectivity index (χ1n) is 12.7. The van der Waals surface area contributed by atoms with Gasteiger partial charge >= 0.3 is 0 Å². The van der Waals surface area contributed by atoms with E-state index in [1.165, 1.54) is 6.07 Å². The quantitative estimate of drug-likeness (QED) is 0.240. The number of hydrogen-bond acceptors (Lipinski definition) is 1. The van der Waals surface area contributed by atoms with Gasteiger partial charge in [-0.15, -0.1) is 0 Å². The molecule has 180 valence electrons. The van der Waals surface area contributed by atoms with Crippen LogP contribution in [-0.2, 0) is 0 Å². The summed E-state index contributed by atoms with van der Waals surface area (Å²) >= 11 is 0. The molecule has 2 nitrogen and oxygen atoms in total. The monoisotopic (exact) mass is 490 g/mol. The summed E-state index contributed by atoms with van der Waals surface area (Å²) in [6.45, 7) is 0. The van der Waals surface area contributed by atoms with Gasteiger partial charge in [0.2, 0.25) is 0 Å². The molecule has 0 aliphatic rings. The van der Waals surface area contributed by atoms with Gasteiger partial charge in [0.05, 0.1) is 11.2 Å². The topological polar surface area (TPSA) is 17.3 Å². The fraction of sp³-hybridized carbons (Fsp3) is 0. The Bertz CT molecular complexity index is 1910. The van der Waals surface area contributed by atoms with Crippen molar-refractivity contribution in [1.82, 2.24) is 9.61 Å². The van der Waals surface area contributed by atoms with Crippen LogP contribution < -0.4 is 0 Å². The van der Waals surface area contributed by atoms with Crippen LogP contribution in [0.4, 0.5) is 4.39 Å².